The fraction of sp³-hybridized carbons (Fsp3) is 0.571. The summed E-state index contributed by atoms with van der Waals surface area (Å²) < 4.78 is 0. The molecule has 0 saturated carbocycles. The van der Waals surface area contributed by atoms with E-state index >= 15 is 0 Å². The zero-order chi connectivity index (χ0) is 12.8. The number of nitrogens with one attached hydrogen (secondary N) is 1. The van der Waals surface area contributed by atoms with Crippen LogP contribution in [-0.4, -0.2) is 16.3 Å². The third kappa shape index (κ3) is 4.65. The Morgan fingerprint density at radius 1 is 1.12 bits per heavy atom. The molecule has 0 aliphatic heterocycles. The Balaban J connectivity index is 2.42. The molecule has 0 fully saturated rings. The van der Waals surface area contributed by atoms with Crippen molar-refractivity contribution < 1.29 is 10.2 Å². The molecule has 3 heteroatoms. The number of phenolic OH excluding ortho intramolecular Hbond substituents is 2. The average Bonchev–Trinajstić information content (AvgIpc) is 2.28. The summed E-state index contributed by atoms with van der Waals surface area (Å²) in [5, 5.41) is 22.4. The van der Waals surface area contributed by atoms with Gasteiger partial charge in [-0.3, -0.25) is 0 Å². The number of rotatable bonds is 6. The van der Waals surface area contributed by atoms with Crippen LogP contribution in [0.25, 0.3) is 0 Å². The number of aromatic hydroxyl groups is 2. The first-order chi connectivity index (χ1) is 8.00. The molecule has 3 N–H and O–H groups in total. The van der Waals surface area contributed by atoms with Crippen LogP contribution >= 0.6 is 0 Å². The maximum Gasteiger partial charge on any atom is 0.161 e. The Kier molecular flexibility index (Phi) is 5.29. The van der Waals surface area contributed by atoms with Crippen molar-refractivity contribution in [2.45, 2.75) is 46.2 Å². The van der Waals surface area contributed by atoms with Crippen molar-refractivity contribution >= 4 is 0 Å². The maximum atomic E-state index is 9.64. The van der Waals surface area contributed by atoms with E-state index in [0.717, 1.165) is 12.0 Å². The van der Waals surface area contributed by atoms with E-state index in [0.29, 0.717) is 18.5 Å². The Hall–Kier alpha value is -1.22. The molecular weight excluding hydrogens is 214 g/mol. The van der Waals surface area contributed by atoms with Crippen LogP contribution in [0.15, 0.2) is 18.2 Å². The minimum absolute atomic E-state index is 0.0175. The fourth-order valence-electron chi connectivity index (χ4n) is 1.69. The molecule has 1 unspecified atom stereocenters. The van der Waals surface area contributed by atoms with Gasteiger partial charge in [0, 0.05) is 18.2 Å². The van der Waals surface area contributed by atoms with Crippen LogP contribution in [0.3, 0.4) is 0 Å². The first-order valence-electron chi connectivity index (χ1n) is 6.24. The molecule has 0 heterocycles. The molecule has 1 aromatic carbocycles. The van der Waals surface area contributed by atoms with Crippen molar-refractivity contribution in [3.63, 3.8) is 0 Å². The molecule has 0 amide bonds. The fourth-order valence-corrected chi connectivity index (χ4v) is 1.69. The van der Waals surface area contributed by atoms with Crippen molar-refractivity contribution in [1.82, 2.24) is 5.32 Å². The number of para-hydroxylation sites is 1. The Morgan fingerprint density at radius 2 is 1.82 bits per heavy atom. The van der Waals surface area contributed by atoms with Gasteiger partial charge in [-0.05, 0) is 31.7 Å². The molecule has 0 aliphatic rings. The molecule has 0 bridgehead atoms. The SMILES string of the molecule is CC(C)CCC(C)NCc1cccc(O)c1O. The molecule has 0 spiro atoms. The van der Waals surface area contributed by atoms with E-state index in [-0.39, 0.29) is 11.5 Å². The van der Waals surface area contributed by atoms with E-state index in [4.69, 9.17) is 0 Å². The van der Waals surface area contributed by atoms with Crippen molar-refractivity contribution in [3.05, 3.63) is 23.8 Å². The molecule has 0 aliphatic carbocycles. The number of phenols is 2. The molecule has 96 valence electrons. The highest BCUT2D eigenvalue weighted by molar-refractivity contribution is 5.44. The van der Waals surface area contributed by atoms with E-state index in [9.17, 15) is 10.2 Å². The number of hydrogen-bond donors (Lipinski definition) is 3. The lowest BCUT2D eigenvalue weighted by Crippen LogP contribution is -2.25. The zero-order valence-corrected chi connectivity index (χ0v) is 10.9. The molecule has 1 rings (SSSR count). The van der Waals surface area contributed by atoms with Gasteiger partial charge in [-0.2, -0.15) is 0 Å². The predicted octanol–water partition coefficient (Wildman–Crippen LogP) is 3.01. The van der Waals surface area contributed by atoms with E-state index < -0.39 is 0 Å². The summed E-state index contributed by atoms with van der Waals surface area (Å²) in [5.74, 6) is 0.642. The summed E-state index contributed by atoms with van der Waals surface area (Å²) in [6, 6.07) is 5.46. The van der Waals surface area contributed by atoms with Gasteiger partial charge in [0.1, 0.15) is 0 Å². The average molecular weight is 237 g/mol. The van der Waals surface area contributed by atoms with E-state index in [1.807, 2.05) is 6.07 Å². The summed E-state index contributed by atoms with van der Waals surface area (Å²) in [6.45, 7) is 7.16. The summed E-state index contributed by atoms with van der Waals surface area (Å²) >= 11 is 0. The lowest BCUT2D eigenvalue weighted by atomic mass is 10.0. The summed E-state index contributed by atoms with van der Waals surface area (Å²) in [7, 11) is 0. The second kappa shape index (κ2) is 6.50. The summed E-state index contributed by atoms with van der Waals surface area (Å²) in [4.78, 5) is 0. The van der Waals surface area contributed by atoms with Crippen molar-refractivity contribution in [1.29, 1.82) is 0 Å². The molecule has 1 aromatic rings. The molecule has 3 nitrogen and oxygen atoms in total. The molecular formula is C14H23NO2. The standard InChI is InChI=1S/C14H23NO2/c1-10(2)7-8-11(3)15-9-12-5-4-6-13(16)14(12)17/h4-6,10-11,15-17H,7-9H2,1-3H3. The topological polar surface area (TPSA) is 52.5 Å². The van der Waals surface area contributed by atoms with Gasteiger partial charge in [0.15, 0.2) is 11.5 Å². The van der Waals surface area contributed by atoms with Crippen LogP contribution in [0.4, 0.5) is 0 Å². The summed E-state index contributed by atoms with van der Waals surface area (Å²) in [5.41, 5.74) is 0.737. The second-order valence-electron chi connectivity index (χ2n) is 5.04. The highest BCUT2D eigenvalue weighted by Crippen LogP contribution is 2.28. The Morgan fingerprint density at radius 3 is 2.47 bits per heavy atom. The zero-order valence-electron chi connectivity index (χ0n) is 10.9. The first-order valence-corrected chi connectivity index (χ1v) is 6.24. The smallest absolute Gasteiger partial charge is 0.161 e. The van der Waals surface area contributed by atoms with Crippen LogP contribution in [0.5, 0.6) is 11.5 Å². The van der Waals surface area contributed by atoms with Crippen molar-refractivity contribution in [2.75, 3.05) is 0 Å². The minimum atomic E-state index is -0.0564. The first kappa shape index (κ1) is 13.8. The summed E-state index contributed by atoms with van der Waals surface area (Å²) in [6.07, 6.45) is 2.32. The quantitative estimate of drug-likeness (QED) is 0.667. The van der Waals surface area contributed by atoms with Crippen molar-refractivity contribution in [2.24, 2.45) is 5.92 Å². The van der Waals surface area contributed by atoms with Crippen molar-refractivity contribution in [3.8, 4) is 11.5 Å². The van der Waals surface area contributed by atoms with E-state index in [1.165, 1.54) is 12.5 Å². The number of benzene rings is 1. The monoisotopic (exact) mass is 237 g/mol. The van der Waals surface area contributed by atoms with Crippen LogP contribution in [0.1, 0.15) is 39.2 Å². The predicted molar refractivity (Wildman–Crippen MR) is 70.1 cm³/mol. The molecule has 0 aromatic heterocycles. The van der Waals surface area contributed by atoms with E-state index in [1.54, 1.807) is 6.07 Å². The van der Waals surface area contributed by atoms with Gasteiger partial charge in [0.2, 0.25) is 0 Å². The molecule has 17 heavy (non-hydrogen) atoms. The molecule has 0 radical (unpaired) electrons. The second-order valence-corrected chi connectivity index (χ2v) is 5.04. The van der Waals surface area contributed by atoms with Crippen LogP contribution < -0.4 is 5.32 Å². The van der Waals surface area contributed by atoms with Gasteiger partial charge in [-0.15, -0.1) is 0 Å². The lowest BCUT2D eigenvalue weighted by Gasteiger charge is -2.15. The van der Waals surface area contributed by atoms with Gasteiger partial charge in [-0.1, -0.05) is 26.0 Å². The third-order valence-electron chi connectivity index (χ3n) is 2.92. The minimum Gasteiger partial charge on any atom is -0.504 e. The van der Waals surface area contributed by atoms with E-state index in [2.05, 4.69) is 26.1 Å². The lowest BCUT2D eigenvalue weighted by molar-refractivity contribution is 0.393. The normalized spacial score (nSPS) is 12.9. The maximum absolute atomic E-state index is 9.64. The van der Waals surface area contributed by atoms with Gasteiger partial charge in [-0.25, -0.2) is 0 Å². The van der Waals surface area contributed by atoms with Gasteiger partial charge >= 0.3 is 0 Å². The van der Waals surface area contributed by atoms with Gasteiger partial charge in [0.25, 0.3) is 0 Å². The van der Waals surface area contributed by atoms with Gasteiger partial charge < -0.3 is 15.5 Å². The van der Waals surface area contributed by atoms with Gasteiger partial charge in [0.05, 0.1) is 0 Å². The Labute approximate surface area is 103 Å². The molecule has 0 saturated heterocycles. The Bertz CT molecular complexity index is 350. The number of hydrogen-bond acceptors (Lipinski definition) is 3. The van der Waals surface area contributed by atoms with Crippen LogP contribution in [0.2, 0.25) is 0 Å². The highest BCUT2D eigenvalue weighted by atomic mass is 16.3. The van der Waals surface area contributed by atoms with Crippen LogP contribution in [0, 0.1) is 5.92 Å². The largest absolute Gasteiger partial charge is 0.504 e. The van der Waals surface area contributed by atoms with Crippen LogP contribution in [-0.2, 0) is 6.54 Å². The highest BCUT2D eigenvalue weighted by Gasteiger charge is 2.07. The third-order valence-corrected chi connectivity index (χ3v) is 2.92. The molecule has 1 atom stereocenters.